The van der Waals surface area contributed by atoms with Gasteiger partial charge in [-0.2, -0.15) is 5.21 Å². The molecule has 0 saturated carbocycles. The summed E-state index contributed by atoms with van der Waals surface area (Å²) in [5, 5.41) is 17.0. The average Bonchev–Trinajstić information content (AvgIpc) is 3.38. The van der Waals surface area contributed by atoms with E-state index in [0.717, 1.165) is 28.2 Å². The van der Waals surface area contributed by atoms with Crippen molar-refractivity contribution in [3.63, 3.8) is 0 Å². The van der Waals surface area contributed by atoms with E-state index >= 15 is 0 Å². The first kappa shape index (κ1) is 18.3. The lowest BCUT2D eigenvalue weighted by Crippen LogP contribution is -2.27. The number of benzene rings is 1. The molecule has 1 aromatic carbocycles. The molecule has 0 spiro atoms. The summed E-state index contributed by atoms with van der Waals surface area (Å²) in [6.45, 7) is 6.41. The lowest BCUT2D eigenvalue weighted by atomic mass is 9.97. The van der Waals surface area contributed by atoms with Gasteiger partial charge in [0.1, 0.15) is 5.82 Å². The molecular formula is C21H22N6S. The molecule has 3 heterocycles. The number of nitrogens with zero attached hydrogens (tertiary/aromatic N) is 5. The van der Waals surface area contributed by atoms with Crippen molar-refractivity contribution in [3.05, 3.63) is 53.4 Å². The standard InChI is InChI=1S/C21H22N6S/c1-13(2)27(4)21-18(20-23-25-26-24-20)16(15-8-6-5-7-9-15)12-17(22-21)19-14(3)10-11-28-19/h5-13H,1-4H3,(H,23,24,25,26). The van der Waals surface area contributed by atoms with Crippen molar-refractivity contribution in [2.75, 3.05) is 11.9 Å². The Hall–Kier alpha value is -3.06. The van der Waals surface area contributed by atoms with Crippen LogP contribution in [0.5, 0.6) is 0 Å². The van der Waals surface area contributed by atoms with Gasteiger partial charge in [-0.1, -0.05) is 30.3 Å². The molecule has 1 N–H and O–H groups in total. The van der Waals surface area contributed by atoms with Gasteiger partial charge in [0.15, 0.2) is 0 Å². The Bertz CT molecular complexity index is 1070. The van der Waals surface area contributed by atoms with Crippen LogP contribution in [0.1, 0.15) is 19.4 Å². The number of H-pyrrole nitrogens is 1. The lowest BCUT2D eigenvalue weighted by Gasteiger charge is -2.26. The summed E-state index contributed by atoms with van der Waals surface area (Å²) in [7, 11) is 2.05. The smallest absolute Gasteiger partial charge is 0.209 e. The second-order valence-corrected chi connectivity index (χ2v) is 7.91. The Kier molecular flexibility index (Phi) is 4.92. The number of pyridine rings is 1. The highest BCUT2D eigenvalue weighted by atomic mass is 32.1. The van der Waals surface area contributed by atoms with Gasteiger partial charge in [-0.25, -0.2) is 4.98 Å². The zero-order valence-corrected chi connectivity index (χ0v) is 17.2. The van der Waals surface area contributed by atoms with Gasteiger partial charge in [0.25, 0.3) is 0 Å². The molecule has 142 valence electrons. The van der Waals surface area contributed by atoms with E-state index < -0.39 is 0 Å². The quantitative estimate of drug-likeness (QED) is 0.529. The fourth-order valence-corrected chi connectivity index (χ4v) is 4.00. The van der Waals surface area contributed by atoms with Crippen LogP contribution in [-0.4, -0.2) is 38.7 Å². The maximum atomic E-state index is 5.05. The third-order valence-corrected chi connectivity index (χ3v) is 5.90. The summed E-state index contributed by atoms with van der Waals surface area (Å²) >= 11 is 1.71. The molecule has 0 aliphatic rings. The van der Waals surface area contributed by atoms with E-state index in [2.05, 4.69) is 83.0 Å². The fourth-order valence-electron chi connectivity index (χ4n) is 3.12. The Morgan fingerprint density at radius 1 is 1.11 bits per heavy atom. The number of anilines is 1. The molecular weight excluding hydrogens is 368 g/mol. The van der Waals surface area contributed by atoms with E-state index in [1.165, 1.54) is 10.4 Å². The molecule has 6 nitrogen and oxygen atoms in total. The summed E-state index contributed by atoms with van der Waals surface area (Å²) in [4.78, 5) is 8.39. The van der Waals surface area contributed by atoms with Crippen molar-refractivity contribution < 1.29 is 0 Å². The van der Waals surface area contributed by atoms with Crippen molar-refractivity contribution in [2.45, 2.75) is 26.8 Å². The first-order chi connectivity index (χ1) is 13.6. The molecule has 4 aromatic rings. The predicted molar refractivity (Wildman–Crippen MR) is 114 cm³/mol. The van der Waals surface area contributed by atoms with Gasteiger partial charge in [-0.15, -0.1) is 21.5 Å². The molecule has 0 saturated heterocycles. The molecule has 0 unspecified atom stereocenters. The summed E-state index contributed by atoms with van der Waals surface area (Å²) in [6, 6.07) is 14.8. The Balaban J connectivity index is 2.06. The summed E-state index contributed by atoms with van der Waals surface area (Å²) in [5.74, 6) is 1.39. The largest absolute Gasteiger partial charge is 0.357 e. The van der Waals surface area contributed by atoms with Gasteiger partial charge in [0, 0.05) is 13.1 Å². The van der Waals surface area contributed by atoms with Crippen molar-refractivity contribution >= 4 is 17.2 Å². The van der Waals surface area contributed by atoms with E-state index in [4.69, 9.17) is 4.98 Å². The number of rotatable bonds is 5. The van der Waals surface area contributed by atoms with Crippen LogP contribution in [0.2, 0.25) is 0 Å². The van der Waals surface area contributed by atoms with Crippen molar-refractivity contribution in [3.8, 4) is 33.1 Å². The fraction of sp³-hybridized carbons (Fsp3) is 0.238. The van der Waals surface area contributed by atoms with Gasteiger partial charge >= 0.3 is 0 Å². The molecule has 0 atom stereocenters. The van der Waals surface area contributed by atoms with Gasteiger partial charge in [-0.3, -0.25) is 0 Å². The van der Waals surface area contributed by atoms with Crippen LogP contribution < -0.4 is 4.90 Å². The number of tetrazole rings is 1. The third kappa shape index (κ3) is 3.29. The van der Waals surface area contributed by atoms with Gasteiger partial charge in [0.2, 0.25) is 5.82 Å². The summed E-state index contributed by atoms with van der Waals surface area (Å²) in [6.07, 6.45) is 0. The highest BCUT2D eigenvalue weighted by Crippen LogP contribution is 2.41. The third-order valence-electron chi connectivity index (χ3n) is 4.86. The average molecular weight is 391 g/mol. The Morgan fingerprint density at radius 2 is 1.89 bits per heavy atom. The van der Waals surface area contributed by atoms with Gasteiger partial charge in [-0.05, 0) is 60.2 Å². The van der Waals surface area contributed by atoms with Crippen molar-refractivity contribution in [2.24, 2.45) is 0 Å². The first-order valence-electron chi connectivity index (χ1n) is 9.18. The monoisotopic (exact) mass is 390 g/mol. The zero-order chi connectivity index (χ0) is 19.7. The Labute approximate surface area is 168 Å². The number of hydrogen-bond acceptors (Lipinski definition) is 6. The van der Waals surface area contributed by atoms with E-state index in [0.29, 0.717) is 5.82 Å². The van der Waals surface area contributed by atoms with Crippen LogP contribution >= 0.6 is 11.3 Å². The second-order valence-electron chi connectivity index (χ2n) is 6.99. The van der Waals surface area contributed by atoms with Crippen LogP contribution in [-0.2, 0) is 0 Å². The lowest BCUT2D eigenvalue weighted by molar-refractivity contribution is 0.744. The molecule has 3 aromatic heterocycles. The Morgan fingerprint density at radius 3 is 2.50 bits per heavy atom. The predicted octanol–water partition coefficient (Wildman–Crippen LogP) is 4.81. The minimum atomic E-state index is 0.265. The van der Waals surface area contributed by atoms with Crippen LogP contribution in [0.3, 0.4) is 0 Å². The number of hydrogen-bond donors (Lipinski definition) is 1. The molecule has 28 heavy (non-hydrogen) atoms. The number of aromatic nitrogens is 5. The minimum Gasteiger partial charge on any atom is -0.357 e. The highest BCUT2D eigenvalue weighted by Gasteiger charge is 2.24. The number of thiophene rings is 1. The van der Waals surface area contributed by atoms with E-state index in [9.17, 15) is 0 Å². The highest BCUT2D eigenvalue weighted by molar-refractivity contribution is 7.13. The minimum absolute atomic E-state index is 0.265. The summed E-state index contributed by atoms with van der Waals surface area (Å²) in [5.41, 5.74) is 5.21. The van der Waals surface area contributed by atoms with Crippen LogP contribution in [0.15, 0.2) is 47.8 Å². The number of aryl methyl sites for hydroxylation is 1. The molecule has 7 heteroatoms. The van der Waals surface area contributed by atoms with Gasteiger partial charge in [0.05, 0.1) is 16.1 Å². The molecule has 4 rings (SSSR count). The molecule has 0 fully saturated rings. The van der Waals surface area contributed by atoms with Crippen molar-refractivity contribution in [1.29, 1.82) is 0 Å². The normalized spacial score (nSPS) is 11.2. The van der Waals surface area contributed by atoms with Crippen molar-refractivity contribution in [1.82, 2.24) is 25.6 Å². The number of aromatic amines is 1. The molecule has 0 aliphatic heterocycles. The maximum Gasteiger partial charge on any atom is 0.209 e. The number of nitrogens with one attached hydrogen (secondary N) is 1. The molecule has 0 bridgehead atoms. The SMILES string of the molecule is Cc1ccsc1-c1cc(-c2ccccc2)c(-c2nn[nH]n2)c(N(C)C(C)C)n1. The molecule has 0 radical (unpaired) electrons. The van der Waals surface area contributed by atoms with Crippen LogP contribution in [0.4, 0.5) is 5.82 Å². The molecule has 0 amide bonds. The zero-order valence-electron chi connectivity index (χ0n) is 16.3. The first-order valence-corrected chi connectivity index (χ1v) is 10.1. The topological polar surface area (TPSA) is 70.6 Å². The second kappa shape index (κ2) is 7.52. The molecule has 0 aliphatic carbocycles. The summed E-state index contributed by atoms with van der Waals surface area (Å²) < 4.78 is 0. The van der Waals surface area contributed by atoms with E-state index in [1.54, 1.807) is 11.3 Å². The maximum absolute atomic E-state index is 5.05. The van der Waals surface area contributed by atoms with Gasteiger partial charge < -0.3 is 4.90 Å². The van der Waals surface area contributed by atoms with E-state index in [1.807, 2.05) is 18.2 Å². The van der Waals surface area contributed by atoms with Crippen LogP contribution in [0.25, 0.3) is 33.1 Å². The van der Waals surface area contributed by atoms with E-state index in [-0.39, 0.29) is 6.04 Å². The van der Waals surface area contributed by atoms with Crippen LogP contribution in [0, 0.1) is 6.92 Å².